The van der Waals surface area contributed by atoms with E-state index in [1.54, 1.807) is 19.1 Å². The van der Waals surface area contributed by atoms with Gasteiger partial charge in [0.15, 0.2) is 0 Å². The van der Waals surface area contributed by atoms with Gasteiger partial charge in [-0.1, -0.05) is 79.5 Å². The van der Waals surface area contributed by atoms with E-state index in [2.05, 4.69) is 26.6 Å². The van der Waals surface area contributed by atoms with Crippen LogP contribution in [0.2, 0.25) is 10.0 Å². The van der Waals surface area contributed by atoms with E-state index in [0.717, 1.165) is 11.1 Å². The van der Waals surface area contributed by atoms with Crippen molar-refractivity contribution in [3.05, 3.63) is 105 Å². The first-order valence-corrected chi connectivity index (χ1v) is 16.2. The topological polar surface area (TPSA) is 128 Å². The number of amides is 4. The zero-order valence-corrected chi connectivity index (χ0v) is 28.3. The van der Waals surface area contributed by atoms with Crippen LogP contribution in [0.15, 0.2) is 72.8 Å². The SMILES string of the molecule is CCNC(=O)[C@@H](NC(=O)[C@H](C)NC[C@H](Cc1ccccc1)NC(=O)c1cc(Cl)cc(C(=O)N[C@H](C)c2cccc(Cl)c2)c1)C(C)C. The van der Waals surface area contributed by atoms with Crippen molar-refractivity contribution in [1.82, 2.24) is 26.6 Å². The lowest BCUT2D eigenvalue weighted by Crippen LogP contribution is -2.55. The average Bonchev–Trinajstić information content (AvgIpc) is 3.02. The molecule has 0 aliphatic rings. The van der Waals surface area contributed by atoms with E-state index < -0.39 is 29.9 Å². The van der Waals surface area contributed by atoms with Gasteiger partial charge in [0.05, 0.1) is 12.1 Å². The fourth-order valence-corrected chi connectivity index (χ4v) is 5.28. The molecule has 0 heterocycles. The first kappa shape index (κ1) is 36.5. The Hall–Kier alpha value is -3.92. The van der Waals surface area contributed by atoms with Crippen molar-refractivity contribution in [2.24, 2.45) is 5.92 Å². The second-order valence-electron chi connectivity index (χ2n) is 11.6. The maximum atomic E-state index is 13.5. The summed E-state index contributed by atoms with van der Waals surface area (Å²) < 4.78 is 0. The number of likely N-dealkylation sites (N-methyl/N-ethyl adjacent to an activating group) is 1. The van der Waals surface area contributed by atoms with E-state index in [1.165, 1.54) is 18.2 Å². The van der Waals surface area contributed by atoms with Crippen LogP contribution in [-0.4, -0.2) is 54.8 Å². The predicted octanol–water partition coefficient (Wildman–Crippen LogP) is 5.08. The van der Waals surface area contributed by atoms with Crippen LogP contribution in [0.1, 0.15) is 72.5 Å². The molecule has 0 radical (unpaired) electrons. The Morgan fingerprint density at radius 1 is 0.717 bits per heavy atom. The van der Waals surface area contributed by atoms with Gasteiger partial charge in [-0.2, -0.15) is 0 Å². The number of halogens is 2. The highest BCUT2D eigenvalue weighted by atomic mass is 35.5. The first-order chi connectivity index (χ1) is 21.9. The molecule has 0 fully saturated rings. The Bertz CT molecular complexity index is 1500. The van der Waals surface area contributed by atoms with Gasteiger partial charge in [0, 0.05) is 40.3 Å². The average molecular weight is 669 g/mol. The van der Waals surface area contributed by atoms with Crippen LogP contribution in [0.3, 0.4) is 0 Å². The largest absolute Gasteiger partial charge is 0.355 e. The highest BCUT2D eigenvalue weighted by molar-refractivity contribution is 6.31. The third-order valence-electron chi connectivity index (χ3n) is 7.44. The summed E-state index contributed by atoms with van der Waals surface area (Å²) in [5, 5.41) is 15.5. The molecule has 3 aromatic rings. The predicted molar refractivity (Wildman–Crippen MR) is 183 cm³/mol. The van der Waals surface area contributed by atoms with Gasteiger partial charge in [-0.3, -0.25) is 19.2 Å². The highest BCUT2D eigenvalue weighted by Crippen LogP contribution is 2.20. The lowest BCUT2D eigenvalue weighted by Gasteiger charge is -2.25. The normalized spacial score (nSPS) is 13.7. The van der Waals surface area contributed by atoms with Crippen LogP contribution < -0.4 is 26.6 Å². The number of nitrogens with one attached hydrogen (secondary N) is 5. The molecule has 3 rings (SSSR count). The van der Waals surface area contributed by atoms with Crippen LogP contribution in [0.25, 0.3) is 0 Å². The Kier molecular flexibility index (Phi) is 14.1. The summed E-state index contributed by atoms with van der Waals surface area (Å²) in [5.74, 6) is -1.47. The molecule has 0 bridgehead atoms. The van der Waals surface area contributed by atoms with E-state index in [4.69, 9.17) is 23.2 Å². The smallest absolute Gasteiger partial charge is 0.251 e. The molecule has 0 saturated carbocycles. The number of carbonyl (C=O) groups is 4. The Morgan fingerprint density at radius 2 is 1.37 bits per heavy atom. The van der Waals surface area contributed by atoms with Gasteiger partial charge >= 0.3 is 0 Å². The van der Waals surface area contributed by atoms with Gasteiger partial charge in [0.25, 0.3) is 11.8 Å². The van der Waals surface area contributed by atoms with Gasteiger partial charge in [0.1, 0.15) is 6.04 Å². The molecule has 0 saturated heterocycles. The molecular formula is C35H43Cl2N5O4. The van der Waals surface area contributed by atoms with Crippen molar-refractivity contribution >= 4 is 46.8 Å². The number of rotatable bonds is 15. The monoisotopic (exact) mass is 667 g/mol. The molecule has 3 aromatic carbocycles. The van der Waals surface area contributed by atoms with E-state index in [9.17, 15) is 19.2 Å². The second-order valence-corrected chi connectivity index (χ2v) is 12.5. The number of hydrogen-bond acceptors (Lipinski definition) is 5. The minimum absolute atomic E-state index is 0.0995. The molecule has 9 nitrogen and oxygen atoms in total. The van der Waals surface area contributed by atoms with Crippen LogP contribution in [0.4, 0.5) is 0 Å². The van der Waals surface area contributed by atoms with Crippen LogP contribution in [0, 0.1) is 5.92 Å². The molecule has 0 aromatic heterocycles. The Labute approximate surface area is 281 Å². The highest BCUT2D eigenvalue weighted by Gasteiger charge is 2.26. The zero-order valence-electron chi connectivity index (χ0n) is 26.8. The van der Waals surface area contributed by atoms with E-state index >= 15 is 0 Å². The van der Waals surface area contributed by atoms with Gasteiger partial charge < -0.3 is 26.6 Å². The molecule has 0 spiro atoms. The third kappa shape index (κ3) is 11.2. The Morgan fingerprint density at radius 3 is 1.98 bits per heavy atom. The maximum absolute atomic E-state index is 13.5. The van der Waals surface area contributed by atoms with Gasteiger partial charge in [0.2, 0.25) is 11.8 Å². The second kappa shape index (κ2) is 17.7. The molecule has 246 valence electrons. The van der Waals surface area contributed by atoms with Crippen LogP contribution >= 0.6 is 23.2 Å². The summed E-state index contributed by atoms with van der Waals surface area (Å²) in [6.07, 6.45) is 0.479. The minimum Gasteiger partial charge on any atom is -0.355 e. The zero-order chi connectivity index (χ0) is 33.8. The summed E-state index contributed by atoms with van der Waals surface area (Å²) in [5.41, 5.74) is 2.29. The van der Waals surface area contributed by atoms with Crippen LogP contribution in [0.5, 0.6) is 0 Å². The van der Waals surface area contributed by atoms with Crippen molar-refractivity contribution in [2.45, 2.75) is 65.2 Å². The van der Waals surface area contributed by atoms with E-state index in [0.29, 0.717) is 18.0 Å². The fraction of sp³-hybridized carbons (Fsp3) is 0.371. The fourth-order valence-electron chi connectivity index (χ4n) is 4.84. The lowest BCUT2D eigenvalue weighted by molar-refractivity contribution is -0.130. The summed E-state index contributed by atoms with van der Waals surface area (Å²) in [4.78, 5) is 52.1. The summed E-state index contributed by atoms with van der Waals surface area (Å²) in [7, 11) is 0. The standard InChI is InChI=1S/C35H43Cl2N5O4/c1-6-38-35(46)31(21(2)3)42-32(43)23(5)39-20-30(15-24-11-8-7-9-12-24)41-34(45)27-16-26(18-29(37)19-27)33(44)40-22(4)25-13-10-14-28(36)17-25/h7-14,16-19,21-23,30-31,39H,6,15,20H2,1-5H3,(H,38,46)(H,40,44)(H,41,45)(H,42,43)/t22-,23+,30+,31+/m1/s1. The molecule has 11 heteroatoms. The van der Waals surface area contributed by atoms with E-state index in [-0.39, 0.29) is 46.5 Å². The molecule has 5 N–H and O–H groups in total. The van der Waals surface area contributed by atoms with Crippen molar-refractivity contribution in [3.8, 4) is 0 Å². The van der Waals surface area contributed by atoms with Crippen molar-refractivity contribution in [1.29, 1.82) is 0 Å². The molecule has 0 aliphatic heterocycles. The first-order valence-electron chi connectivity index (χ1n) is 15.4. The van der Waals surface area contributed by atoms with E-state index in [1.807, 2.05) is 70.2 Å². The summed E-state index contributed by atoms with van der Waals surface area (Å²) in [6, 6.07) is 19.3. The quantitative estimate of drug-likeness (QED) is 0.154. The molecule has 4 amide bonds. The molecular weight excluding hydrogens is 625 g/mol. The van der Waals surface area contributed by atoms with Crippen molar-refractivity contribution in [2.75, 3.05) is 13.1 Å². The minimum atomic E-state index is -0.667. The summed E-state index contributed by atoms with van der Waals surface area (Å²) >= 11 is 12.5. The van der Waals surface area contributed by atoms with Gasteiger partial charge in [-0.25, -0.2) is 0 Å². The molecule has 0 aliphatic carbocycles. The maximum Gasteiger partial charge on any atom is 0.251 e. The number of carbonyl (C=O) groups excluding carboxylic acids is 4. The summed E-state index contributed by atoms with van der Waals surface area (Å²) in [6.45, 7) is 9.83. The van der Waals surface area contributed by atoms with Gasteiger partial charge in [-0.15, -0.1) is 0 Å². The van der Waals surface area contributed by atoms with Crippen LogP contribution in [-0.2, 0) is 16.0 Å². The van der Waals surface area contributed by atoms with Crippen molar-refractivity contribution < 1.29 is 19.2 Å². The lowest BCUT2D eigenvalue weighted by atomic mass is 10.0. The number of hydrogen-bond donors (Lipinski definition) is 5. The number of benzene rings is 3. The van der Waals surface area contributed by atoms with Crippen molar-refractivity contribution in [3.63, 3.8) is 0 Å². The third-order valence-corrected chi connectivity index (χ3v) is 7.89. The molecule has 0 unspecified atom stereocenters. The molecule has 4 atom stereocenters. The molecule has 46 heavy (non-hydrogen) atoms. The Balaban J connectivity index is 1.72. The van der Waals surface area contributed by atoms with Gasteiger partial charge in [-0.05, 0) is 74.6 Å².